The van der Waals surface area contributed by atoms with Gasteiger partial charge in [-0.05, 0) is 37.6 Å². The van der Waals surface area contributed by atoms with E-state index in [2.05, 4.69) is 11.8 Å². The van der Waals surface area contributed by atoms with Gasteiger partial charge in [0.1, 0.15) is 6.61 Å². The molecule has 0 aromatic heterocycles. The monoisotopic (exact) mass is 297 g/mol. The van der Waals surface area contributed by atoms with Crippen LogP contribution < -0.4 is 0 Å². The van der Waals surface area contributed by atoms with Crippen molar-refractivity contribution in [3.05, 3.63) is 29.8 Å². The highest BCUT2D eigenvalue weighted by atomic mass is 32.2. The molecule has 0 heterocycles. The van der Waals surface area contributed by atoms with Crippen molar-refractivity contribution in [1.29, 1.82) is 0 Å². The smallest absolute Gasteiger partial charge is 0.242 e. The van der Waals surface area contributed by atoms with E-state index in [0.29, 0.717) is 12.0 Å². The van der Waals surface area contributed by atoms with Crippen molar-refractivity contribution in [2.45, 2.75) is 24.3 Å². The van der Waals surface area contributed by atoms with Crippen molar-refractivity contribution in [1.82, 2.24) is 4.31 Å². The summed E-state index contributed by atoms with van der Waals surface area (Å²) in [5.74, 6) is 5.20. The molecule has 6 heteroatoms. The van der Waals surface area contributed by atoms with Gasteiger partial charge in [-0.15, -0.1) is 0 Å². The second-order valence-electron chi connectivity index (χ2n) is 4.45. The number of aliphatic hydroxyl groups excluding tert-OH is 2. The van der Waals surface area contributed by atoms with Crippen LogP contribution in [0.25, 0.3) is 0 Å². The van der Waals surface area contributed by atoms with Crippen LogP contribution in [-0.4, -0.2) is 49.2 Å². The van der Waals surface area contributed by atoms with E-state index in [9.17, 15) is 13.5 Å². The summed E-state index contributed by atoms with van der Waals surface area (Å²) in [6.07, 6.45) is -0.153. The van der Waals surface area contributed by atoms with E-state index < -0.39 is 16.1 Å². The maximum atomic E-state index is 12.2. The van der Waals surface area contributed by atoms with Crippen LogP contribution in [0.2, 0.25) is 0 Å². The number of benzene rings is 1. The molecule has 1 aromatic rings. The third-order valence-electron chi connectivity index (χ3n) is 2.74. The molecule has 1 rings (SSSR count). The lowest BCUT2D eigenvalue weighted by atomic mass is 10.2. The molecule has 5 nitrogen and oxygen atoms in total. The highest BCUT2D eigenvalue weighted by Gasteiger charge is 2.20. The molecule has 0 saturated heterocycles. The molecule has 0 aliphatic carbocycles. The molecule has 110 valence electrons. The second-order valence-corrected chi connectivity index (χ2v) is 6.49. The third-order valence-corrected chi connectivity index (χ3v) is 4.61. The summed E-state index contributed by atoms with van der Waals surface area (Å²) in [6, 6.07) is 6.15. The number of hydrogen-bond donors (Lipinski definition) is 2. The van der Waals surface area contributed by atoms with E-state index in [0.717, 1.165) is 0 Å². The number of nitrogens with zero attached hydrogens (tertiary/aromatic N) is 1. The molecular weight excluding hydrogens is 278 g/mol. The van der Waals surface area contributed by atoms with Crippen molar-refractivity contribution in [2.24, 2.45) is 0 Å². The van der Waals surface area contributed by atoms with Gasteiger partial charge in [0.15, 0.2) is 0 Å². The lowest BCUT2D eigenvalue weighted by Crippen LogP contribution is -2.29. The predicted molar refractivity (Wildman–Crippen MR) is 76.5 cm³/mol. The first-order chi connectivity index (χ1) is 9.37. The highest BCUT2D eigenvalue weighted by molar-refractivity contribution is 7.89. The summed E-state index contributed by atoms with van der Waals surface area (Å²) < 4.78 is 25.7. The standard InChI is InChI=1S/C14H19NO4S/c1-12(17)9-10-15(2)20(18,19)14-7-5-13(6-8-14)4-3-11-16/h5-8,12,16-17H,9-11H2,1-2H3. The molecule has 2 N–H and O–H groups in total. The molecule has 0 saturated carbocycles. The first-order valence-corrected chi connectivity index (χ1v) is 7.66. The maximum Gasteiger partial charge on any atom is 0.242 e. The zero-order valence-electron chi connectivity index (χ0n) is 11.6. The van der Waals surface area contributed by atoms with Gasteiger partial charge in [-0.1, -0.05) is 11.8 Å². The molecule has 1 unspecified atom stereocenters. The fourth-order valence-electron chi connectivity index (χ4n) is 1.52. The number of rotatable bonds is 5. The summed E-state index contributed by atoms with van der Waals surface area (Å²) in [5.41, 5.74) is 0.643. The van der Waals surface area contributed by atoms with E-state index >= 15 is 0 Å². The Bertz CT molecular complexity index is 582. The van der Waals surface area contributed by atoms with Gasteiger partial charge in [0.2, 0.25) is 10.0 Å². The topological polar surface area (TPSA) is 77.8 Å². The van der Waals surface area contributed by atoms with Gasteiger partial charge in [0, 0.05) is 19.2 Å². The zero-order valence-corrected chi connectivity index (χ0v) is 12.4. The van der Waals surface area contributed by atoms with Crippen LogP contribution in [0.1, 0.15) is 18.9 Å². The average Bonchev–Trinajstić information content (AvgIpc) is 2.42. The average molecular weight is 297 g/mol. The molecule has 0 spiro atoms. The van der Waals surface area contributed by atoms with Gasteiger partial charge >= 0.3 is 0 Å². The number of hydrogen-bond acceptors (Lipinski definition) is 4. The molecular formula is C14H19NO4S. The maximum absolute atomic E-state index is 12.2. The molecule has 0 bridgehead atoms. The second kappa shape index (κ2) is 7.41. The van der Waals surface area contributed by atoms with Gasteiger partial charge in [-0.2, -0.15) is 0 Å². The third kappa shape index (κ3) is 4.62. The van der Waals surface area contributed by atoms with Gasteiger partial charge < -0.3 is 10.2 Å². The Hall–Kier alpha value is -1.39. The quantitative estimate of drug-likeness (QED) is 0.772. The van der Waals surface area contributed by atoms with Gasteiger partial charge in [0.05, 0.1) is 11.0 Å². The minimum Gasteiger partial charge on any atom is -0.393 e. The fourth-order valence-corrected chi connectivity index (χ4v) is 2.71. The highest BCUT2D eigenvalue weighted by Crippen LogP contribution is 2.15. The molecule has 0 fully saturated rings. The van der Waals surface area contributed by atoms with E-state index in [1.165, 1.54) is 23.5 Å². The van der Waals surface area contributed by atoms with Crippen LogP contribution in [0, 0.1) is 11.8 Å². The Morgan fingerprint density at radius 2 is 1.90 bits per heavy atom. The fraction of sp³-hybridized carbons (Fsp3) is 0.429. The summed E-state index contributed by atoms with van der Waals surface area (Å²) in [7, 11) is -2.06. The van der Waals surface area contributed by atoms with E-state index in [4.69, 9.17) is 5.11 Å². The van der Waals surface area contributed by atoms with Gasteiger partial charge in [-0.25, -0.2) is 12.7 Å². The van der Waals surface area contributed by atoms with Crippen LogP contribution in [-0.2, 0) is 10.0 Å². The first kappa shape index (κ1) is 16.7. The van der Waals surface area contributed by atoms with Crippen LogP contribution in [0.15, 0.2) is 29.2 Å². The van der Waals surface area contributed by atoms with Crippen molar-refractivity contribution in [3.8, 4) is 11.8 Å². The Morgan fingerprint density at radius 1 is 1.30 bits per heavy atom. The molecule has 0 amide bonds. The molecule has 0 aliphatic heterocycles. The van der Waals surface area contributed by atoms with Gasteiger partial charge in [-0.3, -0.25) is 0 Å². The van der Waals surface area contributed by atoms with Crippen LogP contribution in [0.5, 0.6) is 0 Å². The zero-order chi connectivity index (χ0) is 15.2. The van der Waals surface area contributed by atoms with Crippen LogP contribution >= 0.6 is 0 Å². The molecule has 20 heavy (non-hydrogen) atoms. The minimum absolute atomic E-state index is 0.181. The van der Waals surface area contributed by atoms with Crippen molar-refractivity contribution in [2.75, 3.05) is 20.2 Å². The summed E-state index contributed by atoms with van der Waals surface area (Å²) in [6.45, 7) is 1.64. The largest absolute Gasteiger partial charge is 0.393 e. The summed E-state index contributed by atoms with van der Waals surface area (Å²) in [5, 5.41) is 17.8. The lowest BCUT2D eigenvalue weighted by Gasteiger charge is -2.17. The van der Waals surface area contributed by atoms with Crippen LogP contribution in [0.3, 0.4) is 0 Å². The molecule has 1 aromatic carbocycles. The van der Waals surface area contributed by atoms with E-state index in [-0.39, 0.29) is 18.0 Å². The van der Waals surface area contributed by atoms with Crippen molar-refractivity contribution >= 4 is 10.0 Å². The first-order valence-electron chi connectivity index (χ1n) is 6.22. The number of sulfonamides is 1. The molecule has 0 aliphatic rings. The molecule has 0 radical (unpaired) electrons. The normalized spacial score (nSPS) is 12.8. The Kier molecular flexibility index (Phi) is 6.17. The van der Waals surface area contributed by atoms with Crippen molar-refractivity contribution in [3.63, 3.8) is 0 Å². The van der Waals surface area contributed by atoms with Gasteiger partial charge in [0.25, 0.3) is 0 Å². The van der Waals surface area contributed by atoms with E-state index in [1.807, 2.05) is 0 Å². The number of aliphatic hydroxyl groups is 2. The predicted octanol–water partition coefficient (Wildman–Crippen LogP) is 0.422. The van der Waals surface area contributed by atoms with E-state index in [1.54, 1.807) is 19.1 Å². The SMILES string of the molecule is CC(O)CCN(C)S(=O)(=O)c1ccc(C#CCO)cc1. The summed E-state index contributed by atoms with van der Waals surface area (Å²) in [4.78, 5) is 0.181. The Labute approximate surface area is 119 Å². The lowest BCUT2D eigenvalue weighted by molar-refractivity contribution is 0.177. The summed E-state index contributed by atoms with van der Waals surface area (Å²) >= 11 is 0. The minimum atomic E-state index is -3.55. The van der Waals surface area contributed by atoms with Crippen molar-refractivity contribution < 1.29 is 18.6 Å². The van der Waals surface area contributed by atoms with Crippen LogP contribution in [0.4, 0.5) is 0 Å². The Balaban J connectivity index is 2.87. The molecule has 1 atom stereocenters. The Morgan fingerprint density at radius 3 is 2.40 bits per heavy atom.